The second-order valence-corrected chi connectivity index (χ2v) is 4.54. The van der Waals surface area contributed by atoms with Crippen LogP contribution in [0.5, 0.6) is 5.75 Å². The molecule has 94 valence electrons. The molecular weight excluding hydrogens is 216 g/mol. The molecular formula is C14H20O3. The van der Waals surface area contributed by atoms with Gasteiger partial charge in [0.05, 0.1) is 6.61 Å². The van der Waals surface area contributed by atoms with Crippen molar-refractivity contribution in [1.82, 2.24) is 0 Å². The summed E-state index contributed by atoms with van der Waals surface area (Å²) in [5.74, 6) is 0.511. The van der Waals surface area contributed by atoms with Crippen LogP contribution >= 0.6 is 0 Å². The maximum atomic E-state index is 10.4. The van der Waals surface area contributed by atoms with Crippen molar-refractivity contribution in [1.29, 1.82) is 0 Å². The van der Waals surface area contributed by atoms with Crippen LogP contribution in [0, 0.1) is 6.92 Å². The van der Waals surface area contributed by atoms with Crippen molar-refractivity contribution < 1.29 is 14.6 Å². The normalized spacial score (nSPS) is 10.6. The Morgan fingerprint density at radius 1 is 1.41 bits per heavy atom. The van der Waals surface area contributed by atoms with Gasteiger partial charge < -0.3 is 9.84 Å². The van der Waals surface area contributed by atoms with Crippen molar-refractivity contribution in [3.63, 3.8) is 0 Å². The third kappa shape index (κ3) is 4.47. The second kappa shape index (κ2) is 6.28. The van der Waals surface area contributed by atoms with E-state index in [2.05, 4.69) is 26.0 Å². The Hall–Kier alpha value is -1.51. The van der Waals surface area contributed by atoms with Gasteiger partial charge in [-0.2, -0.15) is 0 Å². The molecule has 1 aromatic rings. The lowest BCUT2D eigenvalue weighted by Gasteiger charge is -2.14. The third-order valence-corrected chi connectivity index (χ3v) is 2.58. The van der Waals surface area contributed by atoms with Crippen molar-refractivity contribution in [3.8, 4) is 5.75 Å². The first kappa shape index (κ1) is 13.6. The summed E-state index contributed by atoms with van der Waals surface area (Å²) in [5.41, 5.74) is 2.33. The molecule has 0 spiro atoms. The van der Waals surface area contributed by atoms with Gasteiger partial charge in [-0.1, -0.05) is 26.0 Å². The van der Waals surface area contributed by atoms with E-state index in [9.17, 15) is 4.79 Å². The first-order chi connectivity index (χ1) is 8.00. The molecule has 1 aromatic carbocycles. The summed E-state index contributed by atoms with van der Waals surface area (Å²) in [5, 5.41) is 8.54. The first-order valence-corrected chi connectivity index (χ1v) is 5.96. The van der Waals surface area contributed by atoms with Crippen LogP contribution in [0.3, 0.4) is 0 Å². The fraction of sp³-hybridized carbons (Fsp3) is 0.500. The number of benzene rings is 1. The van der Waals surface area contributed by atoms with Gasteiger partial charge in [0.2, 0.25) is 0 Å². The Bertz CT molecular complexity index is 383. The molecule has 0 aliphatic rings. The van der Waals surface area contributed by atoms with Gasteiger partial charge in [-0.05, 0) is 36.5 Å². The number of hydrogen-bond donors (Lipinski definition) is 1. The monoisotopic (exact) mass is 236 g/mol. The molecule has 3 heteroatoms. The third-order valence-electron chi connectivity index (χ3n) is 2.58. The summed E-state index contributed by atoms with van der Waals surface area (Å²) in [6.07, 6.45) is 0.698. The average molecular weight is 236 g/mol. The highest BCUT2D eigenvalue weighted by Crippen LogP contribution is 2.27. The van der Waals surface area contributed by atoms with E-state index >= 15 is 0 Å². The lowest BCUT2D eigenvalue weighted by Crippen LogP contribution is -2.04. The van der Waals surface area contributed by atoms with Gasteiger partial charge in [0.25, 0.3) is 0 Å². The molecule has 1 rings (SSSR count). The number of aliphatic carboxylic acids is 1. The van der Waals surface area contributed by atoms with Gasteiger partial charge in [-0.25, -0.2) is 0 Å². The summed E-state index contributed by atoms with van der Waals surface area (Å²) in [4.78, 5) is 10.4. The standard InChI is InChI=1S/C14H20O3/c1-10(2)12-7-6-11(3)9-13(12)17-8-4-5-14(15)16/h6-7,9-10H,4-5,8H2,1-3H3,(H,15,16). The Labute approximate surface area is 102 Å². The van der Waals surface area contributed by atoms with Gasteiger partial charge in [0.15, 0.2) is 0 Å². The summed E-state index contributed by atoms with van der Waals surface area (Å²) in [6.45, 7) is 6.72. The molecule has 0 aromatic heterocycles. The number of aryl methyl sites for hydroxylation is 1. The van der Waals surface area contributed by atoms with E-state index in [1.165, 1.54) is 5.56 Å². The summed E-state index contributed by atoms with van der Waals surface area (Å²) >= 11 is 0. The lowest BCUT2D eigenvalue weighted by molar-refractivity contribution is -0.137. The molecule has 0 saturated heterocycles. The molecule has 0 unspecified atom stereocenters. The lowest BCUT2D eigenvalue weighted by atomic mass is 10.0. The van der Waals surface area contributed by atoms with E-state index in [1.807, 2.05) is 13.0 Å². The number of rotatable bonds is 6. The van der Waals surface area contributed by atoms with Gasteiger partial charge in [-0.15, -0.1) is 0 Å². The Kier molecular flexibility index (Phi) is 5.01. The minimum Gasteiger partial charge on any atom is -0.493 e. The minimum atomic E-state index is -0.776. The van der Waals surface area contributed by atoms with Crippen molar-refractivity contribution >= 4 is 5.97 Å². The molecule has 0 fully saturated rings. The van der Waals surface area contributed by atoms with Crippen molar-refractivity contribution in [2.75, 3.05) is 6.61 Å². The van der Waals surface area contributed by atoms with Gasteiger partial charge in [0.1, 0.15) is 5.75 Å². The van der Waals surface area contributed by atoms with Crippen LogP contribution in [0.4, 0.5) is 0 Å². The summed E-state index contributed by atoms with van der Waals surface area (Å²) < 4.78 is 5.67. The van der Waals surface area contributed by atoms with E-state index in [0.717, 1.165) is 11.3 Å². The Morgan fingerprint density at radius 2 is 2.12 bits per heavy atom. The van der Waals surface area contributed by atoms with Crippen LogP contribution in [-0.4, -0.2) is 17.7 Å². The SMILES string of the molecule is Cc1ccc(C(C)C)c(OCCCC(=O)O)c1. The zero-order chi connectivity index (χ0) is 12.8. The van der Waals surface area contributed by atoms with Gasteiger partial charge in [0, 0.05) is 6.42 Å². The quantitative estimate of drug-likeness (QED) is 0.770. The molecule has 1 N–H and O–H groups in total. The molecule has 0 aliphatic carbocycles. The van der Waals surface area contributed by atoms with Crippen LogP contribution in [0.1, 0.15) is 43.7 Å². The smallest absolute Gasteiger partial charge is 0.303 e. The van der Waals surface area contributed by atoms with Crippen LogP contribution in [0.15, 0.2) is 18.2 Å². The van der Waals surface area contributed by atoms with E-state index in [-0.39, 0.29) is 6.42 Å². The van der Waals surface area contributed by atoms with E-state index < -0.39 is 5.97 Å². The van der Waals surface area contributed by atoms with Crippen LogP contribution in [0.25, 0.3) is 0 Å². The van der Waals surface area contributed by atoms with Crippen LogP contribution in [0.2, 0.25) is 0 Å². The highest BCUT2D eigenvalue weighted by Gasteiger charge is 2.08. The Balaban J connectivity index is 2.62. The molecule has 0 aliphatic heterocycles. The number of ether oxygens (including phenoxy) is 1. The zero-order valence-corrected chi connectivity index (χ0v) is 10.7. The van der Waals surface area contributed by atoms with Crippen LogP contribution < -0.4 is 4.74 Å². The van der Waals surface area contributed by atoms with Gasteiger partial charge >= 0.3 is 5.97 Å². The maximum absolute atomic E-state index is 10.4. The fourth-order valence-corrected chi connectivity index (χ4v) is 1.65. The van der Waals surface area contributed by atoms with E-state index in [4.69, 9.17) is 9.84 Å². The highest BCUT2D eigenvalue weighted by molar-refractivity contribution is 5.66. The van der Waals surface area contributed by atoms with Crippen molar-refractivity contribution in [2.45, 2.75) is 39.5 Å². The van der Waals surface area contributed by atoms with Crippen molar-refractivity contribution in [2.24, 2.45) is 0 Å². The summed E-state index contributed by atoms with van der Waals surface area (Å²) in [7, 11) is 0. The number of carboxylic acid groups (broad SMARTS) is 1. The summed E-state index contributed by atoms with van der Waals surface area (Å²) in [6, 6.07) is 6.15. The zero-order valence-electron chi connectivity index (χ0n) is 10.7. The highest BCUT2D eigenvalue weighted by atomic mass is 16.5. The average Bonchev–Trinajstić information content (AvgIpc) is 2.23. The minimum absolute atomic E-state index is 0.156. The van der Waals surface area contributed by atoms with E-state index in [1.54, 1.807) is 0 Å². The number of carbonyl (C=O) groups is 1. The first-order valence-electron chi connectivity index (χ1n) is 5.96. The molecule has 0 heterocycles. The predicted molar refractivity (Wildman–Crippen MR) is 67.6 cm³/mol. The predicted octanol–water partition coefficient (Wildman–Crippen LogP) is 3.36. The molecule has 0 bridgehead atoms. The largest absolute Gasteiger partial charge is 0.493 e. The molecule has 17 heavy (non-hydrogen) atoms. The van der Waals surface area contributed by atoms with E-state index in [0.29, 0.717) is 18.9 Å². The molecule has 0 amide bonds. The maximum Gasteiger partial charge on any atom is 0.303 e. The molecule has 0 saturated carbocycles. The fourth-order valence-electron chi connectivity index (χ4n) is 1.65. The van der Waals surface area contributed by atoms with Gasteiger partial charge in [-0.3, -0.25) is 4.79 Å². The Morgan fingerprint density at radius 3 is 2.71 bits per heavy atom. The topological polar surface area (TPSA) is 46.5 Å². The molecule has 3 nitrogen and oxygen atoms in total. The number of hydrogen-bond acceptors (Lipinski definition) is 2. The number of carboxylic acids is 1. The second-order valence-electron chi connectivity index (χ2n) is 4.54. The van der Waals surface area contributed by atoms with Crippen molar-refractivity contribution in [3.05, 3.63) is 29.3 Å². The molecule has 0 atom stereocenters. The molecule has 0 radical (unpaired) electrons. The van der Waals surface area contributed by atoms with Crippen LogP contribution in [-0.2, 0) is 4.79 Å².